The Kier molecular flexibility index (Phi) is 4.97. The summed E-state index contributed by atoms with van der Waals surface area (Å²) in [7, 11) is 1.49. The molecule has 1 unspecified atom stereocenters. The van der Waals surface area contributed by atoms with Gasteiger partial charge in [-0.1, -0.05) is 13.8 Å². The van der Waals surface area contributed by atoms with Gasteiger partial charge in [-0.2, -0.15) is 0 Å². The third-order valence-corrected chi connectivity index (χ3v) is 2.76. The molecule has 0 fully saturated rings. The average molecular weight is 265 g/mol. The molecule has 19 heavy (non-hydrogen) atoms. The number of carboxylic acid groups (broad SMARTS) is 1. The molecule has 1 rings (SSSR count). The van der Waals surface area contributed by atoms with E-state index in [1.54, 1.807) is 6.92 Å². The second-order valence-electron chi connectivity index (χ2n) is 4.89. The number of hydrogen-bond acceptors (Lipinski definition) is 4. The Morgan fingerprint density at radius 1 is 1.42 bits per heavy atom. The van der Waals surface area contributed by atoms with E-state index in [1.807, 2.05) is 13.8 Å². The molecule has 1 N–H and O–H groups in total. The minimum absolute atomic E-state index is 0.184. The summed E-state index contributed by atoms with van der Waals surface area (Å²) in [5, 5.41) is 9.22. The summed E-state index contributed by atoms with van der Waals surface area (Å²) in [6.45, 7) is 5.52. The Morgan fingerprint density at radius 3 is 2.53 bits per heavy atom. The average Bonchev–Trinajstić information content (AvgIpc) is 2.33. The number of carbonyl (C=O) groups excluding carboxylic acids is 1. The van der Waals surface area contributed by atoms with Crippen LogP contribution in [0.5, 0.6) is 0 Å². The number of rotatable bonds is 5. The molecule has 0 aliphatic carbocycles. The smallest absolute Gasteiger partial charge is 0.326 e. The molecule has 104 valence electrons. The van der Waals surface area contributed by atoms with Gasteiger partial charge in [0, 0.05) is 13.2 Å². The number of carboxylic acids is 1. The predicted molar refractivity (Wildman–Crippen MR) is 69.7 cm³/mol. The van der Waals surface area contributed by atoms with Crippen molar-refractivity contribution in [1.82, 2.24) is 14.9 Å². The fourth-order valence-electron chi connectivity index (χ4n) is 1.77. The molecule has 0 saturated carbocycles. The number of nitrogens with zero attached hydrogens (tertiary/aromatic N) is 3. The number of hydrogen-bond donors (Lipinski definition) is 1. The molecular weight excluding hydrogens is 246 g/mol. The number of aromatic nitrogens is 2. The SMILES string of the molecule is Cc1nccc(C(=O)N(C)C(CC(C)C)C(=O)O)n1. The van der Waals surface area contributed by atoms with E-state index in [-0.39, 0.29) is 11.6 Å². The van der Waals surface area contributed by atoms with Crippen LogP contribution in [0.4, 0.5) is 0 Å². The fraction of sp³-hybridized carbons (Fsp3) is 0.538. The van der Waals surface area contributed by atoms with Crippen molar-refractivity contribution in [3.05, 3.63) is 23.8 Å². The molecule has 1 atom stereocenters. The second kappa shape index (κ2) is 6.26. The van der Waals surface area contributed by atoms with Crippen LogP contribution in [0.25, 0.3) is 0 Å². The first-order chi connectivity index (χ1) is 8.82. The van der Waals surface area contributed by atoms with Crippen LogP contribution in [0.15, 0.2) is 12.3 Å². The van der Waals surface area contributed by atoms with E-state index >= 15 is 0 Å². The van der Waals surface area contributed by atoms with Crippen molar-refractivity contribution in [2.24, 2.45) is 5.92 Å². The van der Waals surface area contributed by atoms with Crippen molar-refractivity contribution >= 4 is 11.9 Å². The van der Waals surface area contributed by atoms with Crippen LogP contribution in [0.1, 0.15) is 36.6 Å². The lowest BCUT2D eigenvalue weighted by atomic mass is 10.0. The van der Waals surface area contributed by atoms with E-state index < -0.39 is 17.9 Å². The van der Waals surface area contributed by atoms with Crippen LogP contribution >= 0.6 is 0 Å². The first kappa shape index (κ1) is 15.1. The first-order valence-electron chi connectivity index (χ1n) is 6.12. The summed E-state index contributed by atoms with van der Waals surface area (Å²) in [6, 6.07) is 0.642. The van der Waals surface area contributed by atoms with E-state index in [9.17, 15) is 14.7 Å². The van der Waals surface area contributed by atoms with Gasteiger partial charge in [0.15, 0.2) is 0 Å². The van der Waals surface area contributed by atoms with E-state index in [2.05, 4.69) is 9.97 Å². The molecule has 6 nitrogen and oxygen atoms in total. The summed E-state index contributed by atoms with van der Waals surface area (Å²) in [6.07, 6.45) is 1.89. The third kappa shape index (κ3) is 4.01. The highest BCUT2D eigenvalue weighted by molar-refractivity contribution is 5.94. The second-order valence-corrected chi connectivity index (χ2v) is 4.89. The molecule has 0 aliphatic rings. The maximum absolute atomic E-state index is 12.2. The van der Waals surface area contributed by atoms with Crippen LogP contribution < -0.4 is 0 Å². The summed E-state index contributed by atoms with van der Waals surface area (Å²) in [5.74, 6) is -0.743. The standard InChI is InChI=1S/C13H19N3O3/c1-8(2)7-11(13(18)19)16(4)12(17)10-5-6-14-9(3)15-10/h5-6,8,11H,7H2,1-4H3,(H,18,19). The van der Waals surface area contributed by atoms with Gasteiger partial charge in [0.2, 0.25) is 0 Å². The molecule has 0 bridgehead atoms. The molecule has 0 radical (unpaired) electrons. The summed E-state index contributed by atoms with van der Waals surface area (Å²) in [5.41, 5.74) is 0.213. The fourth-order valence-corrected chi connectivity index (χ4v) is 1.77. The minimum Gasteiger partial charge on any atom is -0.480 e. The van der Waals surface area contributed by atoms with Crippen molar-refractivity contribution in [1.29, 1.82) is 0 Å². The zero-order chi connectivity index (χ0) is 14.6. The molecule has 1 aromatic heterocycles. The van der Waals surface area contributed by atoms with Crippen LogP contribution in [0, 0.1) is 12.8 Å². The van der Waals surface area contributed by atoms with Gasteiger partial charge in [-0.3, -0.25) is 4.79 Å². The summed E-state index contributed by atoms with van der Waals surface area (Å²) >= 11 is 0. The molecule has 0 aliphatic heterocycles. The monoisotopic (exact) mass is 265 g/mol. The third-order valence-electron chi connectivity index (χ3n) is 2.76. The Balaban J connectivity index is 2.93. The van der Waals surface area contributed by atoms with Gasteiger partial charge in [-0.25, -0.2) is 14.8 Å². The Labute approximate surface area is 112 Å². The van der Waals surface area contributed by atoms with E-state index in [0.717, 1.165) is 0 Å². The first-order valence-corrected chi connectivity index (χ1v) is 6.12. The molecule has 1 aromatic rings. The lowest BCUT2D eigenvalue weighted by molar-refractivity contribution is -0.142. The number of aliphatic carboxylic acids is 1. The number of amides is 1. The number of aryl methyl sites for hydroxylation is 1. The zero-order valence-corrected chi connectivity index (χ0v) is 11.6. The van der Waals surface area contributed by atoms with Crippen LogP contribution in [0.3, 0.4) is 0 Å². The molecule has 1 amide bonds. The summed E-state index contributed by atoms with van der Waals surface area (Å²) in [4.78, 5) is 32.6. The quantitative estimate of drug-likeness (QED) is 0.869. The lowest BCUT2D eigenvalue weighted by Crippen LogP contribution is -2.43. The predicted octanol–water partition coefficient (Wildman–Crippen LogP) is 1.36. The zero-order valence-electron chi connectivity index (χ0n) is 11.6. The minimum atomic E-state index is -1.00. The molecule has 0 spiro atoms. The van der Waals surface area contributed by atoms with E-state index in [1.165, 1.54) is 24.2 Å². The Bertz CT molecular complexity index is 474. The highest BCUT2D eigenvalue weighted by Crippen LogP contribution is 2.13. The molecule has 0 aromatic carbocycles. The van der Waals surface area contributed by atoms with Gasteiger partial charge in [-0.05, 0) is 25.3 Å². The lowest BCUT2D eigenvalue weighted by Gasteiger charge is -2.25. The molecule has 6 heteroatoms. The Morgan fingerprint density at radius 2 is 2.05 bits per heavy atom. The van der Waals surface area contributed by atoms with Gasteiger partial charge in [0.1, 0.15) is 17.6 Å². The van der Waals surface area contributed by atoms with Crippen molar-refractivity contribution < 1.29 is 14.7 Å². The highest BCUT2D eigenvalue weighted by Gasteiger charge is 2.28. The topological polar surface area (TPSA) is 83.4 Å². The van der Waals surface area contributed by atoms with Crippen molar-refractivity contribution in [2.75, 3.05) is 7.05 Å². The number of carbonyl (C=O) groups is 2. The van der Waals surface area contributed by atoms with Crippen molar-refractivity contribution in [3.8, 4) is 0 Å². The summed E-state index contributed by atoms with van der Waals surface area (Å²) < 4.78 is 0. The molecular formula is C13H19N3O3. The van der Waals surface area contributed by atoms with Gasteiger partial charge < -0.3 is 10.0 Å². The largest absolute Gasteiger partial charge is 0.480 e. The van der Waals surface area contributed by atoms with Gasteiger partial charge in [0.05, 0.1) is 0 Å². The van der Waals surface area contributed by atoms with Crippen LogP contribution in [-0.2, 0) is 4.79 Å². The maximum atomic E-state index is 12.2. The number of likely N-dealkylation sites (N-methyl/N-ethyl adjacent to an activating group) is 1. The van der Waals surface area contributed by atoms with E-state index in [0.29, 0.717) is 12.2 Å². The van der Waals surface area contributed by atoms with Crippen LogP contribution in [-0.4, -0.2) is 44.9 Å². The van der Waals surface area contributed by atoms with Gasteiger partial charge in [-0.15, -0.1) is 0 Å². The van der Waals surface area contributed by atoms with E-state index in [4.69, 9.17) is 0 Å². The highest BCUT2D eigenvalue weighted by atomic mass is 16.4. The van der Waals surface area contributed by atoms with Gasteiger partial charge >= 0.3 is 5.97 Å². The Hall–Kier alpha value is -1.98. The molecule has 0 saturated heterocycles. The normalized spacial score (nSPS) is 12.3. The maximum Gasteiger partial charge on any atom is 0.326 e. The van der Waals surface area contributed by atoms with Crippen molar-refractivity contribution in [3.63, 3.8) is 0 Å². The van der Waals surface area contributed by atoms with Crippen LogP contribution in [0.2, 0.25) is 0 Å². The van der Waals surface area contributed by atoms with Gasteiger partial charge in [0.25, 0.3) is 5.91 Å². The van der Waals surface area contributed by atoms with Crippen molar-refractivity contribution in [2.45, 2.75) is 33.2 Å². The molecule has 1 heterocycles.